The molecule has 0 N–H and O–H groups in total. The highest BCUT2D eigenvalue weighted by atomic mass is 31.2. The van der Waals surface area contributed by atoms with Crippen molar-refractivity contribution in [3.63, 3.8) is 0 Å². The summed E-state index contributed by atoms with van der Waals surface area (Å²) in [7, 11) is -3.32. The van der Waals surface area contributed by atoms with Gasteiger partial charge in [0, 0.05) is 0 Å². The van der Waals surface area contributed by atoms with Crippen LogP contribution < -0.4 is 9.05 Å². The molecule has 0 atom stereocenters. The van der Waals surface area contributed by atoms with E-state index in [0.29, 0.717) is 17.7 Å². The number of hydrogen-bond donors (Lipinski definition) is 0. The van der Waals surface area contributed by atoms with E-state index in [1.54, 1.807) is 0 Å². The van der Waals surface area contributed by atoms with Crippen molar-refractivity contribution in [2.45, 2.75) is 73.1 Å². The number of hydrogen-bond acceptors (Lipinski definition) is 3. The molecule has 154 valence electrons. The van der Waals surface area contributed by atoms with E-state index in [2.05, 4.69) is 46.8 Å². The zero-order chi connectivity index (χ0) is 20.6. The molecule has 0 bridgehead atoms. The van der Waals surface area contributed by atoms with Gasteiger partial charge in [0.1, 0.15) is 11.5 Å². The van der Waals surface area contributed by atoms with Gasteiger partial charge in [-0.25, -0.2) is 4.57 Å². The van der Waals surface area contributed by atoms with Crippen molar-refractivity contribution in [2.24, 2.45) is 0 Å². The van der Waals surface area contributed by atoms with E-state index in [4.69, 9.17) is 9.05 Å². The van der Waals surface area contributed by atoms with Gasteiger partial charge >= 0.3 is 7.60 Å². The van der Waals surface area contributed by atoms with Gasteiger partial charge in [-0.15, -0.1) is 0 Å². The molecule has 0 unspecified atom stereocenters. The summed E-state index contributed by atoms with van der Waals surface area (Å²) in [5.41, 5.74) is 4.74. The molecule has 0 aromatic heterocycles. The standard InChI is InChI=1S/C24H35O3P/c1-6-11-18-28(25,26-23-16-12-14-19(7-2)21(23)9-4)27-24-17-13-15-20(8-3)22(24)10-5/h12-17H,6-11,18H2,1-5H3. The average Bonchev–Trinajstić information content (AvgIpc) is 2.71. The molecular formula is C24H35O3P. The number of aryl methyl sites for hydroxylation is 2. The van der Waals surface area contributed by atoms with Crippen molar-refractivity contribution < 1.29 is 13.6 Å². The van der Waals surface area contributed by atoms with Gasteiger partial charge in [0.15, 0.2) is 0 Å². The van der Waals surface area contributed by atoms with Crippen molar-refractivity contribution in [3.8, 4) is 11.5 Å². The molecule has 3 nitrogen and oxygen atoms in total. The average molecular weight is 403 g/mol. The Kier molecular flexibility index (Phi) is 8.63. The molecule has 28 heavy (non-hydrogen) atoms. The van der Waals surface area contributed by atoms with Crippen LogP contribution in [0.4, 0.5) is 0 Å². The fraction of sp³-hybridized carbons (Fsp3) is 0.500. The van der Waals surface area contributed by atoms with Gasteiger partial charge in [-0.2, -0.15) is 0 Å². The summed E-state index contributed by atoms with van der Waals surface area (Å²) in [6.45, 7) is 10.6. The monoisotopic (exact) mass is 402 g/mol. The lowest BCUT2D eigenvalue weighted by Crippen LogP contribution is -2.09. The van der Waals surface area contributed by atoms with E-state index < -0.39 is 7.60 Å². The van der Waals surface area contributed by atoms with Crippen LogP contribution in [0.3, 0.4) is 0 Å². The zero-order valence-electron chi connectivity index (χ0n) is 18.1. The summed E-state index contributed by atoms with van der Waals surface area (Å²) >= 11 is 0. The van der Waals surface area contributed by atoms with E-state index in [1.807, 2.05) is 24.3 Å². The van der Waals surface area contributed by atoms with Gasteiger partial charge in [-0.1, -0.05) is 65.3 Å². The van der Waals surface area contributed by atoms with E-state index in [-0.39, 0.29) is 0 Å². The molecule has 0 amide bonds. The first-order chi connectivity index (χ1) is 13.5. The third kappa shape index (κ3) is 5.41. The van der Waals surface area contributed by atoms with Crippen LogP contribution in [0.2, 0.25) is 0 Å². The van der Waals surface area contributed by atoms with Crippen molar-refractivity contribution in [3.05, 3.63) is 58.7 Å². The van der Waals surface area contributed by atoms with E-state index >= 15 is 0 Å². The van der Waals surface area contributed by atoms with Crippen LogP contribution in [0, 0.1) is 0 Å². The maximum atomic E-state index is 13.8. The fourth-order valence-corrected chi connectivity index (χ4v) is 5.48. The minimum atomic E-state index is -3.32. The first-order valence-corrected chi connectivity index (χ1v) is 12.4. The largest absolute Gasteiger partial charge is 0.430 e. The van der Waals surface area contributed by atoms with Crippen molar-refractivity contribution >= 4 is 7.60 Å². The molecule has 0 saturated heterocycles. The van der Waals surface area contributed by atoms with Crippen molar-refractivity contribution in [2.75, 3.05) is 6.16 Å². The van der Waals surface area contributed by atoms with Gasteiger partial charge in [0.2, 0.25) is 0 Å². The zero-order valence-corrected chi connectivity index (χ0v) is 19.0. The van der Waals surface area contributed by atoms with E-state index in [0.717, 1.165) is 49.7 Å². The highest BCUT2D eigenvalue weighted by molar-refractivity contribution is 7.54. The maximum absolute atomic E-state index is 13.8. The van der Waals surface area contributed by atoms with Crippen LogP contribution in [0.15, 0.2) is 36.4 Å². The van der Waals surface area contributed by atoms with E-state index in [1.165, 1.54) is 11.1 Å². The maximum Gasteiger partial charge on any atom is 0.430 e. The second-order valence-electron chi connectivity index (χ2n) is 7.07. The third-order valence-electron chi connectivity index (χ3n) is 5.19. The summed E-state index contributed by atoms with van der Waals surface area (Å²) in [6.07, 6.45) is 5.72. The van der Waals surface area contributed by atoms with Crippen LogP contribution in [-0.4, -0.2) is 6.16 Å². The Balaban J connectivity index is 2.42. The molecule has 0 radical (unpaired) electrons. The summed E-state index contributed by atoms with van der Waals surface area (Å²) in [5, 5.41) is 0. The van der Waals surface area contributed by atoms with Gasteiger partial charge in [-0.05, 0) is 66.5 Å². The predicted octanol–water partition coefficient (Wildman–Crippen LogP) is 7.39. The lowest BCUT2D eigenvalue weighted by atomic mass is 10.0. The second kappa shape index (κ2) is 10.7. The third-order valence-corrected chi connectivity index (χ3v) is 7.00. The van der Waals surface area contributed by atoms with Crippen LogP contribution in [0.5, 0.6) is 11.5 Å². The molecule has 2 rings (SSSR count). The highest BCUT2D eigenvalue weighted by Crippen LogP contribution is 2.51. The number of rotatable bonds is 11. The fourth-order valence-electron chi connectivity index (χ4n) is 3.62. The SMILES string of the molecule is CCCCP(=O)(Oc1cccc(CC)c1CC)Oc1cccc(CC)c1CC. The Bertz CT molecular complexity index is 752. The Morgan fingerprint density at radius 3 is 1.54 bits per heavy atom. The van der Waals surface area contributed by atoms with Gasteiger partial charge < -0.3 is 9.05 Å². The Morgan fingerprint density at radius 1 is 0.714 bits per heavy atom. The lowest BCUT2D eigenvalue weighted by molar-refractivity contribution is 0.380. The normalized spacial score (nSPS) is 11.5. The Morgan fingerprint density at radius 2 is 1.18 bits per heavy atom. The minimum absolute atomic E-state index is 0.419. The molecule has 0 aliphatic carbocycles. The van der Waals surface area contributed by atoms with E-state index in [9.17, 15) is 4.57 Å². The first-order valence-electron chi connectivity index (χ1n) is 10.7. The summed E-state index contributed by atoms with van der Waals surface area (Å²) in [6, 6.07) is 12.0. The molecule has 0 fully saturated rings. The minimum Gasteiger partial charge on any atom is -0.416 e. The summed E-state index contributed by atoms with van der Waals surface area (Å²) < 4.78 is 26.2. The predicted molar refractivity (Wildman–Crippen MR) is 119 cm³/mol. The molecule has 0 saturated carbocycles. The molecule has 0 heterocycles. The molecule has 0 spiro atoms. The Hall–Kier alpha value is -1.73. The number of unbranched alkanes of at least 4 members (excludes halogenated alkanes) is 1. The molecule has 0 aliphatic heterocycles. The molecular weight excluding hydrogens is 367 g/mol. The summed E-state index contributed by atoms with van der Waals surface area (Å²) in [5.74, 6) is 1.40. The molecule has 2 aromatic carbocycles. The molecule has 0 aliphatic rings. The van der Waals surface area contributed by atoms with Crippen molar-refractivity contribution in [1.82, 2.24) is 0 Å². The van der Waals surface area contributed by atoms with Crippen LogP contribution in [0.25, 0.3) is 0 Å². The molecule has 4 heteroatoms. The van der Waals surface area contributed by atoms with Crippen molar-refractivity contribution in [1.29, 1.82) is 0 Å². The second-order valence-corrected chi connectivity index (χ2v) is 9.11. The van der Waals surface area contributed by atoms with Crippen LogP contribution in [0.1, 0.15) is 69.7 Å². The van der Waals surface area contributed by atoms with Crippen LogP contribution in [-0.2, 0) is 30.2 Å². The van der Waals surface area contributed by atoms with Crippen LogP contribution >= 0.6 is 7.60 Å². The Labute approximate surface area is 171 Å². The highest BCUT2D eigenvalue weighted by Gasteiger charge is 2.29. The lowest BCUT2D eigenvalue weighted by Gasteiger charge is -2.24. The first kappa shape index (κ1) is 22.6. The molecule has 2 aromatic rings. The number of benzene rings is 2. The smallest absolute Gasteiger partial charge is 0.416 e. The summed E-state index contributed by atoms with van der Waals surface area (Å²) in [4.78, 5) is 0. The topological polar surface area (TPSA) is 35.5 Å². The quantitative estimate of drug-likeness (QED) is 0.368. The van der Waals surface area contributed by atoms with Gasteiger partial charge in [0.25, 0.3) is 0 Å². The van der Waals surface area contributed by atoms with Gasteiger partial charge in [-0.3, -0.25) is 0 Å². The van der Waals surface area contributed by atoms with Gasteiger partial charge in [0.05, 0.1) is 6.16 Å².